The summed E-state index contributed by atoms with van der Waals surface area (Å²) < 4.78 is 37.3. The van der Waals surface area contributed by atoms with Crippen LogP contribution in [0, 0.1) is 0 Å². The molecule has 4 heteroatoms. The molecule has 14 heavy (non-hydrogen) atoms. The Morgan fingerprint density at radius 3 is 2.21 bits per heavy atom. The van der Waals surface area contributed by atoms with Crippen molar-refractivity contribution in [1.82, 2.24) is 0 Å². The SMILES string of the molecule is OC(c1ccccc1)C(F)C(F)CF. The molecule has 0 heterocycles. The third-order valence-electron chi connectivity index (χ3n) is 1.94. The second kappa shape index (κ2) is 5.00. The number of halogens is 3. The van der Waals surface area contributed by atoms with Crippen LogP contribution in [0.2, 0.25) is 0 Å². The Labute approximate surface area is 80.2 Å². The van der Waals surface area contributed by atoms with Crippen LogP contribution < -0.4 is 0 Å². The number of hydrogen-bond donors (Lipinski definition) is 1. The smallest absolute Gasteiger partial charge is 0.164 e. The molecular formula is C10H11F3O. The van der Waals surface area contributed by atoms with E-state index in [0.29, 0.717) is 0 Å². The van der Waals surface area contributed by atoms with Crippen LogP contribution in [-0.4, -0.2) is 24.1 Å². The Hall–Kier alpha value is -1.03. The second-order valence-corrected chi connectivity index (χ2v) is 2.97. The summed E-state index contributed by atoms with van der Waals surface area (Å²) in [5, 5.41) is 9.31. The normalized spacial score (nSPS) is 17.4. The van der Waals surface area contributed by atoms with Gasteiger partial charge < -0.3 is 5.11 Å². The lowest BCUT2D eigenvalue weighted by Crippen LogP contribution is -2.26. The molecule has 0 saturated carbocycles. The van der Waals surface area contributed by atoms with Gasteiger partial charge in [-0.1, -0.05) is 30.3 Å². The molecule has 0 aliphatic heterocycles. The molecule has 0 fully saturated rings. The van der Waals surface area contributed by atoms with E-state index in [-0.39, 0.29) is 5.56 Å². The van der Waals surface area contributed by atoms with Crippen molar-refractivity contribution in [2.24, 2.45) is 0 Å². The van der Waals surface area contributed by atoms with E-state index in [4.69, 9.17) is 0 Å². The minimum Gasteiger partial charge on any atom is -0.385 e. The van der Waals surface area contributed by atoms with Crippen LogP contribution >= 0.6 is 0 Å². The van der Waals surface area contributed by atoms with Gasteiger partial charge in [-0.25, -0.2) is 13.2 Å². The molecule has 1 aromatic carbocycles. The summed E-state index contributed by atoms with van der Waals surface area (Å²) in [6, 6.07) is 7.79. The maximum Gasteiger partial charge on any atom is 0.164 e. The van der Waals surface area contributed by atoms with E-state index in [1.54, 1.807) is 18.2 Å². The zero-order chi connectivity index (χ0) is 10.6. The fraction of sp³-hybridized carbons (Fsp3) is 0.400. The van der Waals surface area contributed by atoms with Crippen LogP contribution in [0.15, 0.2) is 30.3 Å². The van der Waals surface area contributed by atoms with Gasteiger partial charge >= 0.3 is 0 Å². The van der Waals surface area contributed by atoms with Crippen molar-refractivity contribution in [3.63, 3.8) is 0 Å². The summed E-state index contributed by atoms with van der Waals surface area (Å²) in [5.41, 5.74) is 0.246. The minimum absolute atomic E-state index is 0.246. The molecule has 0 bridgehead atoms. The van der Waals surface area contributed by atoms with Crippen LogP contribution in [0.3, 0.4) is 0 Å². The Morgan fingerprint density at radius 1 is 1.14 bits per heavy atom. The van der Waals surface area contributed by atoms with Crippen LogP contribution in [0.5, 0.6) is 0 Å². The van der Waals surface area contributed by atoms with E-state index in [2.05, 4.69) is 0 Å². The van der Waals surface area contributed by atoms with Crippen LogP contribution in [0.4, 0.5) is 13.2 Å². The van der Waals surface area contributed by atoms with Gasteiger partial charge in [0.05, 0.1) is 0 Å². The maximum atomic E-state index is 13.0. The molecule has 0 amide bonds. The number of aliphatic hydroxyl groups excluding tert-OH is 1. The fourth-order valence-corrected chi connectivity index (χ4v) is 1.12. The standard InChI is InChI=1S/C10H11F3O/c11-6-8(12)9(13)10(14)7-4-2-1-3-5-7/h1-5,8-10,14H,6H2. The molecule has 0 aliphatic rings. The highest BCUT2D eigenvalue weighted by Crippen LogP contribution is 2.23. The minimum atomic E-state index is -2.27. The highest BCUT2D eigenvalue weighted by Gasteiger charge is 2.29. The van der Waals surface area contributed by atoms with Crippen LogP contribution in [0.25, 0.3) is 0 Å². The van der Waals surface area contributed by atoms with Gasteiger partial charge in [-0.05, 0) is 5.56 Å². The van der Waals surface area contributed by atoms with E-state index >= 15 is 0 Å². The van der Waals surface area contributed by atoms with Crippen molar-refractivity contribution in [3.8, 4) is 0 Å². The summed E-state index contributed by atoms with van der Waals surface area (Å²) in [6.45, 7) is -1.43. The lowest BCUT2D eigenvalue weighted by molar-refractivity contribution is 0.0170. The number of alkyl halides is 3. The van der Waals surface area contributed by atoms with E-state index in [9.17, 15) is 18.3 Å². The van der Waals surface area contributed by atoms with Crippen molar-refractivity contribution < 1.29 is 18.3 Å². The molecule has 1 rings (SSSR count). The van der Waals surface area contributed by atoms with Crippen LogP contribution in [-0.2, 0) is 0 Å². The maximum absolute atomic E-state index is 13.0. The molecule has 0 radical (unpaired) electrons. The van der Waals surface area contributed by atoms with Crippen molar-refractivity contribution in [1.29, 1.82) is 0 Å². The summed E-state index contributed by atoms with van der Waals surface area (Å²) in [5.74, 6) is 0. The van der Waals surface area contributed by atoms with E-state index in [0.717, 1.165) is 0 Å². The molecule has 1 N–H and O–H groups in total. The first-order chi connectivity index (χ1) is 6.66. The molecule has 0 spiro atoms. The van der Waals surface area contributed by atoms with Crippen molar-refractivity contribution >= 4 is 0 Å². The fourth-order valence-electron chi connectivity index (χ4n) is 1.12. The Bertz CT molecular complexity index is 265. The predicted molar refractivity (Wildman–Crippen MR) is 47.2 cm³/mol. The third-order valence-corrected chi connectivity index (χ3v) is 1.94. The summed E-state index contributed by atoms with van der Waals surface area (Å²) in [7, 11) is 0. The average molecular weight is 204 g/mol. The largest absolute Gasteiger partial charge is 0.385 e. The second-order valence-electron chi connectivity index (χ2n) is 2.97. The summed E-state index contributed by atoms with van der Waals surface area (Å²) >= 11 is 0. The van der Waals surface area contributed by atoms with E-state index in [1.165, 1.54) is 12.1 Å². The third kappa shape index (κ3) is 2.48. The number of aliphatic hydroxyl groups is 1. The predicted octanol–water partition coefficient (Wildman–Crippen LogP) is 2.37. The summed E-state index contributed by atoms with van der Waals surface area (Å²) in [6.07, 6.45) is -6.10. The lowest BCUT2D eigenvalue weighted by Gasteiger charge is -2.17. The monoisotopic (exact) mass is 204 g/mol. The highest BCUT2D eigenvalue weighted by molar-refractivity contribution is 5.18. The summed E-state index contributed by atoms with van der Waals surface area (Å²) in [4.78, 5) is 0. The van der Waals surface area contributed by atoms with Crippen LogP contribution in [0.1, 0.15) is 11.7 Å². The first-order valence-electron chi connectivity index (χ1n) is 4.24. The van der Waals surface area contributed by atoms with Crippen molar-refractivity contribution in [2.45, 2.75) is 18.4 Å². The highest BCUT2D eigenvalue weighted by atomic mass is 19.2. The zero-order valence-corrected chi connectivity index (χ0v) is 7.41. The van der Waals surface area contributed by atoms with Crippen molar-refractivity contribution in [2.75, 3.05) is 6.67 Å². The topological polar surface area (TPSA) is 20.2 Å². The molecule has 0 aromatic heterocycles. The molecule has 1 aromatic rings. The Morgan fingerprint density at radius 2 is 1.71 bits per heavy atom. The number of benzene rings is 1. The van der Waals surface area contributed by atoms with Gasteiger partial charge in [0.2, 0.25) is 0 Å². The average Bonchev–Trinajstić information content (AvgIpc) is 2.27. The quantitative estimate of drug-likeness (QED) is 0.798. The van der Waals surface area contributed by atoms with Gasteiger partial charge in [0, 0.05) is 0 Å². The van der Waals surface area contributed by atoms with Gasteiger partial charge in [0.1, 0.15) is 12.8 Å². The molecule has 78 valence electrons. The zero-order valence-electron chi connectivity index (χ0n) is 7.41. The first kappa shape index (κ1) is 11.0. The number of hydrogen-bond acceptors (Lipinski definition) is 1. The van der Waals surface area contributed by atoms with Gasteiger partial charge in [0.15, 0.2) is 12.3 Å². The van der Waals surface area contributed by atoms with E-state index < -0.39 is 25.1 Å². The lowest BCUT2D eigenvalue weighted by atomic mass is 10.0. The molecule has 3 unspecified atom stereocenters. The Balaban J connectivity index is 2.70. The van der Waals surface area contributed by atoms with Gasteiger partial charge in [0.25, 0.3) is 0 Å². The molecule has 1 nitrogen and oxygen atoms in total. The molecular weight excluding hydrogens is 193 g/mol. The Kier molecular flexibility index (Phi) is 3.95. The van der Waals surface area contributed by atoms with E-state index in [1.807, 2.05) is 0 Å². The first-order valence-corrected chi connectivity index (χ1v) is 4.24. The van der Waals surface area contributed by atoms with Gasteiger partial charge in [-0.15, -0.1) is 0 Å². The van der Waals surface area contributed by atoms with Crippen molar-refractivity contribution in [3.05, 3.63) is 35.9 Å². The molecule has 0 aliphatic carbocycles. The molecule has 3 atom stereocenters. The van der Waals surface area contributed by atoms with Gasteiger partial charge in [-0.3, -0.25) is 0 Å². The molecule has 0 saturated heterocycles. The van der Waals surface area contributed by atoms with Gasteiger partial charge in [-0.2, -0.15) is 0 Å². The number of rotatable bonds is 4.